The molecule has 0 bridgehead atoms. The van der Waals surface area contributed by atoms with Crippen LogP contribution in [0.1, 0.15) is 41.7 Å². The summed E-state index contributed by atoms with van der Waals surface area (Å²) in [7, 11) is -3.28. The number of carbonyl (C=O) groups excluding carboxylic acids is 1. The van der Waals surface area contributed by atoms with Gasteiger partial charge in [0.25, 0.3) is 5.91 Å². The number of hydrogen-bond donors (Lipinski definition) is 0. The second kappa shape index (κ2) is 9.44. The van der Waals surface area contributed by atoms with Crippen LogP contribution >= 0.6 is 0 Å². The maximum absolute atomic E-state index is 12.9. The summed E-state index contributed by atoms with van der Waals surface area (Å²) in [5.41, 5.74) is 2.58. The van der Waals surface area contributed by atoms with Gasteiger partial charge in [-0.1, -0.05) is 41.9 Å². The molecule has 1 fully saturated rings. The van der Waals surface area contributed by atoms with E-state index in [0.717, 1.165) is 5.56 Å². The van der Waals surface area contributed by atoms with Crippen LogP contribution in [-0.4, -0.2) is 66.2 Å². The van der Waals surface area contributed by atoms with Gasteiger partial charge in [-0.2, -0.15) is 4.98 Å². The first kappa shape index (κ1) is 23.1. The molecule has 4 rings (SSSR count). The van der Waals surface area contributed by atoms with Gasteiger partial charge in [0.1, 0.15) is 0 Å². The maximum atomic E-state index is 12.9. The summed E-state index contributed by atoms with van der Waals surface area (Å²) in [6, 6.07) is 14.1. The lowest BCUT2D eigenvalue weighted by Gasteiger charge is -2.36. The smallest absolute Gasteiger partial charge is 0.253 e. The Morgan fingerprint density at radius 3 is 2.27 bits per heavy atom. The van der Waals surface area contributed by atoms with E-state index in [1.54, 1.807) is 24.0 Å². The van der Waals surface area contributed by atoms with Gasteiger partial charge in [-0.25, -0.2) is 8.42 Å². The van der Waals surface area contributed by atoms with Gasteiger partial charge < -0.3 is 9.42 Å². The molecule has 1 aliphatic heterocycles. The molecular formula is C24H28N4O4S. The topological polar surface area (TPSA) is 96.6 Å². The van der Waals surface area contributed by atoms with Gasteiger partial charge in [0, 0.05) is 37.3 Å². The zero-order valence-electron chi connectivity index (χ0n) is 19.1. The normalized spacial score (nSPS) is 16.0. The van der Waals surface area contributed by atoms with Gasteiger partial charge in [0.05, 0.1) is 16.7 Å². The molecule has 0 radical (unpaired) electrons. The first-order chi connectivity index (χ1) is 15.8. The zero-order valence-corrected chi connectivity index (χ0v) is 19.9. The van der Waals surface area contributed by atoms with Crippen LogP contribution in [0.3, 0.4) is 0 Å². The van der Waals surface area contributed by atoms with E-state index < -0.39 is 9.84 Å². The first-order valence-corrected chi connectivity index (χ1v) is 12.7. The number of amides is 1. The highest BCUT2D eigenvalue weighted by atomic mass is 32.2. The van der Waals surface area contributed by atoms with Crippen molar-refractivity contribution in [3.8, 4) is 11.4 Å². The van der Waals surface area contributed by atoms with Crippen molar-refractivity contribution in [2.24, 2.45) is 0 Å². The summed E-state index contributed by atoms with van der Waals surface area (Å²) in [6.45, 7) is 8.15. The third kappa shape index (κ3) is 4.99. The van der Waals surface area contributed by atoms with Crippen LogP contribution in [0, 0.1) is 6.92 Å². The molecule has 9 heteroatoms. The van der Waals surface area contributed by atoms with E-state index in [9.17, 15) is 13.2 Å². The van der Waals surface area contributed by atoms with E-state index in [1.165, 1.54) is 17.7 Å². The molecule has 2 aromatic carbocycles. The highest BCUT2D eigenvalue weighted by Crippen LogP contribution is 2.24. The van der Waals surface area contributed by atoms with Crippen molar-refractivity contribution >= 4 is 15.7 Å². The van der Waals surface area contributed by atoms with Gasteiger partial charge >= 0.3 is 0 Å². The Morgan fingerprint density at radius 1 is 1.03 bits per heavy atom. The van der Waals surface area contributed by atoms with Crippen LogP contribution in [0.25, 0.3) is 11.4 Å². The number of hydrogen-bond acceptors (Lipinski definition) is 7. The van der Waals surface area contributed by atoms with Crippen LogP contribution in [0.4, 0.5) is 0 Å². The predicted octanol–water partition coefficient (Wildman–Crippen LogP) is 3.36. The minimum Gasteiger partial charge on any atom is -0.337 e. The largest absolute Gasteiger partial charge is 0.337 e. The Balaban J connectivity index is 1.36. The van der Waals surface area contributed by atoms with E-state index >= 15 is 0 Å². The quantitative estimate of drug-likeness (QED) is 0.547. The van der Waals surface area contributed by atoms with Crippen LogP contribution in [0.5, 0.6) is 0 Å². The molecule has 174 valence electrons. The second-order valence-electron chi connectivity index (χ2n) is 8.25. The fourth-order valence-electron chi connectivity index (χ4n) is 3.85. The van der Waals surface area contributed by atoms with Gasteiger partial charge in [-0.15, -0.1) is 0 Å². The van der Waals surface area contributed by atoms with Gasteiger partial charge in [0.15, 0.2) is 9.84 Å². The fraction of sp³-hybridized carbons (Fsp3) is 0.375. The third-order valence-electron chi connectivity index (χ3n) is 6.10. The molecule has 1 aliphatic rings. The van der Waals surface area contributed by atoms with Crippen molar-refractivity contribution in [3.63, 3.8) is 0 Å². The number of rotatable bonds is 6. The Kier molecular flexibility index (Phi) is 6.62. The molecule has 3 aromatic rings. The summed E-state index contributed by atoms with van der Waals surface area (Å²) in [4.78, 5) is 21.7. The SMILES string of the molecule is CCS(=O)(=O)c1ccc(C(=O)N2CCN(C(C)c3nc(-c4ccc(C)cc4)no3)CC2)cc1. The monoisotopic (exact) mass is 468 g/mol. The molecule has 0 saturated carbocycles. The second-order valence-corrected chi connectivity index (χ2v) is 10.5. The van der Waals surface area contributed by atoms with Crippen LogP contribution in [0.15, 0.2) is 57.9 Å². The summed E-state index contributed by atoms with van der Waals surface area (Å²) >= 11 is 0. The molecule has 1 aromatic heterocycles. The van der Waals surface area contributed by atoms with Crippen LogP contribution in [-0.2, 0) is 9.84 Å². The highest BCUT2D eigenvalue weighted by molar-refractivity contribution is 7.91. The number of aromatic nitrogens is 2. The summed E-state index contributed by atoms with van der Waals surface area (Å²) in [5, 5.41) is 4.13. The maximum Gasteiger partial charge on any atom is 0.253 e. The standard InChI is InChI=1S/C24H28N4O4S/c1-4-33(30,31)21-11-9-20(10-12-21)24(29)28-15-13-27(14-16-28)18(3)23-25-22(26-32-23)19-7-5-17(2)6-8-19/h5-12,18H,4,13-16H2,1-3H3. The Labute approximate surface area is 194 Å². The summed E-state index contributed by atoms with van der Waals surface area (Å²) in [5.74, 6) is 1.06. The number of benzene rings is 2. The van der Waals surface area contributed by atoms with Crippen molar-refractivity contribution < 1.29 is 17.7 Å². The van der Waals surface area contributed by atoms with Crippen molar-refractivity contribution in [3.05, 3.63) is 65.5 Å². The van der Waals surface area contributed by atoms with E-state index in [0.29, 0.717) is 43.5 Å². The number of piperazine rings is 1. The summed E-state index contributed by atoms with van der Waals surface area (Å²) in [6.07, 6.45) is 0. The molecular weight excluding hydrogens is 440 g/mol. The van der Waals surface area contributed by atoms with Gasteiger partial charge in [0.2, 0.25) is 11.7 Å². The molecule has 1 atom stereocenters. The number of nitrogens with zero attached hydrogens (tertiary/aromatic N) is 4. The fourth-order valence-corrected chi connectivity index (χ4v) is 4.73. The van der Waals surface area contributed by atoms with Crippen molar-refractivity contribution in [1.82, 2.24) is 19.9 Å². The summed E-state index contributed by atoms with van der Waals surface area (Å²) < 4.78 is 29.5. The van der Waals surface area contributed by atoms with Crippen LogP contribution in [0.2, 0.25) is 0 Å². The molecule has 8 nitrogen and oxygen atoms in total. The van der Waals surface area contributed by atoms with Crippen LogP contribution < -0.4 is 0 Å². The lowest BCUT2D eigenvalue weighted by Crippen LogP contribution is -2.49. The molecule has 2 heterocycles. The van der Waals surface area contributed by atoms with E-state index in [1.807, 2.05) is 38.1 Å². The minimum absolute atomic E-state index is 0.0347. The molecule has 33 heavy (non-hydrogen) atoms. The third-order valence-corrected chi connectivity index (χ3v) is 7.85. The number of sulfone groups is 1. The molecule has 0 N–H and O–H groups in total. The number of aryl methyl sites for hydroxylation is 1. The van der Waals surface area contributed by atoms with Gasteiger partial charge in [-0.05, 0) is 38.1 Å². The van der Waals surface area contributed by atoms with Gasteiger partial charge in [-0.3, -0.25) is 9.69 Å². The Morgan fingerprint density at radius 2 is 1.67 bits per heavy atom. The average molecular weight is 469 g/mol. The van der Waals surface area contributed by atoms with Crippen molar-refractivity contribution in [2.45, 2.75) is 31.7 Å². The molecule has 1 amide bonds. The average Bonchev–Trinajstić information content (AvgIpc) is 3.34. The highest BCUT2D eigenvalue weighted by Gasteiger charge is 2.28. The van der Waals surface area contributed by atoms with Crippen molar-refractivity contribution in [2.75, 3.05) is 31.9 Å². The molecule has 1 unspecified atom stereocenters. The lowest BCUT2D eigenvalue weighted by atomic mass is 10.1. The lowest BCUT2D eigenvalue weighted by molar-refractivity contribution is 0.0551. The molecule has 0 aliphatic carbocycles. The van der Waals surface area contributed by atoms with E-state index in [4.69, 9.17) is 4.52 Å². The van der Waals surface area contributed by atoms with E-state index in [-0.39, 0.29) is 22.6 Å². The predicted molar refractivity (Wildman–Crippen MR) is 125 cm³/mol. The minimum atomic E-state index is -3.28. The zero-order chi connectivity index (χ0) is 23.6. The van der Waals surface area contributed by atoms with E-state index in [2.05, 4.69) is 15.0 Å². The molecule has 1 saturated heterocycles. The Bertz CT molecular complexity index is 1210. The number of carbonyl (C=O) groups is 1. The Hall–Kier alpha value is -3.04. The van der Waals surface area contributed by atoms with Crippen molar-refractivity contribution in [1.29, 1.82) is 0 Å². The molecule has 0 spiro atoms. The first-order valence-electron chi connectivity index (χ1n) is 11.1.